The molecule has 3 heterocycles. The van der Waals surface area contributed by atoms with Crippen LogP contribution < -0.4 is 16.0 Å². The van der Waals surface area contributed by atoms with E-state index in [9.17, 15) is 9.59 Å². The Hall–Kier alpha value is -3.71. The highest BCUT2D eigenvalue weighted by molar-refractivity contribution is 7.13. The van der Waals surface area contributed by atoms with Crippen LogP contribution in [0.2, 0.25) is 0 Å². The summed E-state index contributed by atoms with van der Waals surface area (Å²) in [5, 5.41) is 5.94. The maximum atomic E-state index is 13.5. The van der Waals surface area contributed by atoms with E-state index in [4.69, 9.17) is 10.7 Å². The number of carbonyl (C=O) groups excluding carboxylic acids is 2. The van der Waals surface area contributed by atoms with Crippen LogP contribution in [0.25, 0.3) is 21.5 Å². The molecule has 33 heavy (non-hydrogen) atoms. The first kappa shape index (κ1) is 21.2. The summed E-state index contributed by atoms with van der Waals surface area (Å²) in [4.78, 5) is 33.0. The van der Waals surface area contributed by atoms with Crippen molar-refractivity contribution in [2.24, 2.45) is 11.7 Å². The van der Waals surface area contributed by atoms with E-state index in [1.165, 1.54) is 0 Å². The van der Waals surface area contributed by atoms with E-state index in [1.54, 1.807) is 11.3 Å². The van der Waals surface area contributed by atoms with Crippen molar-refractivity contribution in [2.75, 3.05) is 23.3 Å². The predicted octanol–water partition coefficient (Wildman–Crippen LogP) is 4.92. The molecule has 2 amide bonds. The normalized spacial score (nSPS) is 14.4. The molecule has 1 saturated heterocycles. The number of nitrogens with zero attached hydrogens (tertiary/aromatic N) is 2. The van der Waals surface area contributed by atoms with Crippen LogP contribution in [0.1, 0.15) is 23.2 Å². The molecule has 0 bridgehead atoms. The van der Waals surface area contributed by atoms with Gasteiger partial charge in [-0.1, -0.05) is 36.4 Å². The third-order valence-corrected chi connectivity index (χ3v) is 7.02. The summed E-state index contributed by atoms with van der Waals surface area (Å²) in [5.41, 5.74) is 9.35. The van der Waals surface area contributed by atoms with Gasteiger partial charge in [0.1, 0.15) is 0 Å². The van der Waals surface area contributed by atoms with Gasteiger partial charge in [-0.05, 0) is 48.6 Å². The van der Waals surface area contributed by atoms with Crippen LogP contribution in [0.5, 0.6) is 0 Å². The molecular weight excluding hydrogens is 432 g/mol. The Bertz CT molecular complexity index is 1310. The number of para-hydroxylation sites is 3. The number of rotatable bonds is 5. The van der Waals surface area contributed by atoms with Gasteiger partial charge in [0.25, 0.3) is 5.91 Å². The van der Waals surface area contributed by atoms with Crippen LogP contribution in [0.3, 0.4) is 0 Å². The number of nitrogens with two attached hydrogens (primary N) is 1. The van der Waals surface area contributed by atoms with Crippen molar-refractivity contribution in [3.05, 3.63) is 77.7 Å². The molecule has 3 N–H and O–H groups in total. The molecule has 4 aromatic rings. The second kappa shape index (κ2) is 9.03. The topological polar surface area (TPSA) is 88.3 Å². The van der Waals surface area contributed by atoms with Crippen molar-refractivity contribution in [1.29, 1.82) is 0 Å². The molecule has 1 aliphatic rings. The summed E-state index contributed by atoms with van der Waals surface area (Å²) >= 11 is 1.60. The van der Waals surface area contributed by atoms with Gasteiger partial charge in [-0.25, -0.2) is 4.98 Å². The number of piperidine rings is 1. The van der Waals surface area contributed by atoms with Crippen LogP contribution >= 0.6 is 11.3 Å². The summed E-state index contributed by atoms with van der Waals surface area (Å²) in [7, 11) is 0. The molecule has 0 radical (unpaired) electrons. The van der Waals surface area contributed by atoms with Crippen LogP contribution in [0, 0.1) is 5.92 Å². The highest BCUT2D eigenvalue weighted by atomic mass is 32.1. The van der Waals surface area contributed by atoms with Crippen molar-refractivity contribution in [1.82, 2.24) is 4.98 Å². The molecule has 1 aliphatic heterocycles. The molecule has 7 heteroatoms. The third kappa shape index (κ3) is 4.32. The molecule has 0 spiro atoms. The van der Waals surface area contributed by atoms with Crippen molar-refractivity contribution in [3.63, 3.8) is 0 Å². The van der Waals surface area contributed by atoms with Gasteiger partial charge < -0.3 is 16.0 Å². The smallest absolute Gasteiger partial charge is 0.256 e. The fraction of sp³-hybridized carbons (Fsp3) is 0.192. The van der Waals surface area contributed by atoms with Gasteiger partial charge in [0, 0.05) is 24.4 Å². The summed E-state index contributed by atoms with van der Waals surface area (Å²) < 4.78 is 0. The Labute approximate surface area is 196 Å². The van der Waals surface area contributed by atoms with Crippen LogP contribution in [0.15, 0.2) is 72.1 Å². The van der Waals surface area contributed by atoms with Crippen LogP contribution in [-0.2, 0) is 4.79 Å². The van der Waals surface area contributed by atoms with E-state index < -0.39 is 0 Å². The molecule has 6 nitrogen and oxygen atoms in total. The zero-order valence-electron chi connectivity index (χ0n) is 18.0. The zero-order chi connectivity index (χ0) is 22.8. The highest BCUT2D eigenvalue weighted by Gasteiger charge is 2.25. The Balaban J connectivity index is 1.46. The molecule has 2 aromatic heterocycles. The maximum Gasteiger partial charge on any atom is 0.256 e. The lowest BCUT2D eigenvalue weighted by Crippen LogP contribution is -2.38. The number of thiophene rings is 1. The van der Waals surface area contributed by atoms with Gasteiger partial charge in [-0.3, -0.25) is 9.59 Å². The van der Waals surface area contributed by atoms with E-state index in [1.807, 2.05) is 72.1 Å². The standard InChI is InChI=1S/C26H24N4O2S/c27-25(31)17-11-13-30(14-12-17)23-9-4-3-8-21(23)29-26(32)19-16-22(24-10-5-15-33-24)28-20-7-2-1-6-18(19)20/h1-10,15-17H,11-14H2,(H2,27,31)(H,29,32). The van der Waals surface area contributed by atoms with Gasteiger partial charge in [0.2, 0.25) is 5.91 Å². The molecule has 0 unspecified atom stereocenters. The number of fused-ring (bicyclic) bond motifs is 1. The summed E-state index contributed by atoms with van der Waals surface area (Å²) in [6.07, 6.45) is 1.44. The van der Waals surface area contributed by atoms with E-state index >= 15 is 0 Å². The molecule has 0 saturated carbocycles. The summed E-state index contributed by atoms with van der Waals surface area (Å²) in [6, 6.07) is 21.4. The number of pyridine rings is 1. The summed E-state index contributed by atoms with van der Waals surface area (Å²) in [6.45, 7) is 1.45. The number of hydrogen-bond acceptors (Lipinski definition) is 5. The number of carbonyl (C=O) groups is 2. The van der Waals surface area contributed by atoms with E-state index in [2.05, 4.69) is 10.2 Å². The number of aromatic nitrogens is 1. The number of primary amides is 1. The zero-order valence-corrected chi connectivity index (χ0v) is 18.8. The lowest BCUT2D eigenvalue weighted by Gasteiger charge is -2.33. The molecule has 166 valence electrons. The first-order valence-corrected chi connectivity index (χ1v) is 11.9. The van der Waals surface area contributed by atoms with Gasteiger partial charge in [0.15, 0.2) is 0 Å². The SMILES string of the molecule is NC(=O)C1CCN(c2ccccc2NC(=O)c2cc(-c3cccs3)nc3ccccc23)CC1. The van der Waals surface area contributed by atoms with Crippen molar-refractivity contribution in [3.8, 4) is 10.6 Å². The van der Waals surface area contributed by atoms with Gasteiger partial charge in [-0.15, -0.1) is 11.3 Å². The third-order valence-electron chi connectivity index (χ3n) is 6.12. The number of hydrogen-bond donors (Lipinski definition) is 2. The molecule has 5 rings (SSSR count). The van der Waals surface area contributed by atoms with E-state index in [-0.39, 0.29) is 17.7 Å². The summed E-state index contributed by atoms with van der Waals surface area (Å²) in [5.74, 6) is -0.491. The minimum absolute atomic E-state index is 0.0816. The fourth-order valence-electron chi connectivity index (χ4n) is 4.36. The quantitative estimate of drug-likeness (QED) is 0.446. The molecule has 0 atom stereocenters. The first-order chi connectivity index (χ1) is 16.1. The van der Waals surface area contributed by atoms with Crippen molar-refractivity contribution >= 4 is 45.4 Å². The fourth-order valence-corrected chi connectivity index (χ4v) is 5.05. The van der Waals surface area contributed by atoms with Crippen molar-refractivity contribution in [2.45, 2.75) is 12.8 Å². The number of benzene rings is 2. The monoisotopic (exact) mass is 456 g/mol. The number of amides is 2. The van der Waals surface area contributed by atoms with Gasteiger partial charge in [0.05, 0.1) is 33.0 Å². The lowest BCUT2D eigenvalue weighted by molar-refractivity contribution is -0.122. The number of nitrogens with one attached hydrogen (secondary N) is 1. The van der Waals surface area contributed by atoms with Gasteiger partial charge in [-0.2, -0.15) is 0 Å². The van der Waals surface area contributed by atoms with Crippen molar-refractivity contribution < 1.29 is 9.59 Å². The second-order valence-electron chi connectivity index (χ2n) is 8.18. The van der Waals surface area contributed by atoms with E-state index in [0.29, 0.717) is 5.56 Å². The van der Waals surface area contributed by atoms with Crippen LogP contribution in [0.4, 0.5) is 11.4 Å². The highest BCUT2D eigenvalue weighted by Crippen LogP contribution is 2.32. The Morgan fingerprint density at radius 2 is 1.76 bits per heavy atom. The number of anilines is 2. The average molecular weight is 457 g/mol. The van der Waals surface area contributed by atoms with Gasteiger partial charge >= 0.3 is 0 Å². The molecular formula is C26H24N4O2S. The Kier molecular flexibility index (Phi) is 5.79. The largest absolute Gasteiger partial charge is 0.370 e. The molecule has 1 fully saturated rings. The maximum absolute atomic E-state index is 13.5. The second-order valence-corrected chi connectivity index (χ2v) is 9.13. The first-order valence-electron chi connectivity index (χ1n) is 11.0. The van der Waals surface area contributed by atoms with E-state index in [0.717, 1.165) is 58.8 Å². The minimum atomic E-state index is -0.234. The Morgan fingerprint density at radius 1 is 1.00 bits per heavy atom. The molecule has 2 aromatic carbocycles. The average Bonchev–Trinajstić information content (AvgIpc) is 3.39. The van der Waals surface area contributed by atoms with Crippen LogP contribution in [-0.4, -0.2) is 29.9 Å². The predicted molar refractivity (Wildman–Crippen MR) is 134 cm³/mol. The minimum Gasteiger partial charge on any atom is -0.370 e. The lowest BCUT2D eigenvalue weighted by atomic mass is 9.96. The molecule has 0 aliphatic carbocycles. The Morgan fingerprint density at radius 3 is 2.52 bits per heavy atom.